The fourth-order valence-corrected chi connectivity index (χ4v) is 2.94. The third-order valence-corrected chi connectivity index (χ3v) is 4.24. The van der Waals surface area contributed by atoms with E-state index >= 15 is 0 Å². The lowest BCUT2D eigenvalue weighted by molar-refractivity contribution is -0.389. The summed E-state index contributed by atoms with van der Waals surface area (Å²) in [5, 5.41) is 15.0. The topological polar surface area (TPSA) is 81.0 Å². The molecule has 6 nitrogen and oxygen atoms in total. The van der Waals surface area contributed by atoms with E-state index in [0.717, 1.165) is 11.8 Å². The Morgan fingerprint density at radius 2 is 2.00 bits per heavy atom. The number of nitrogens with zero attached hydrogens (tertiary/aromatic N) is 3. The Bertz CT molecular complexity index is 712. The van der Waals surface area contributed by atoms with Crippen LogP contribution in [0.25, 0.3) is 0 Å². The van der Waals surface area contributed by atoms with Crippen molar-refractivity contribution in [3.05, 3.63) is 44.1 Å². The molecule has 9 heteroatoms. The number of halogens is 2. The van der Waals surface area contributed by atoms with Crippen molar-refractivity contribution in [2.45, 2.75) is 16.8 Å². The van der Waals surface area contributed by atoms with Gasteiger partial charge in [0.2, 0.25) is 5.95 Å². The van der Waals surface area contributed by atoms with E-state index in [-0.39, 0.29) is 10.7 Å². The molecule has 2 rings (SSSR count). The smallest absolute Gasteiger partial charge is 0.322 e. The van der Waals surface area contributed by atoms with Gasteiger partial charge in [-0.15, -0.1) is 0 Å². The van der Waals surface area contributed by atoms with Crippen LogP contribution < -0.4 is 5.32 Å². The number of hydrogen-bond acceptors (Lipinski definition) is 6. The molecule has 0 saturated carbocycles. The van der Waals surface area contributed by atoms with Crippen molar-refractivity contribution in [1.82, 2.24) is 9.97 Å². The number of rotatable bonds is 4. The predicted octanol–water partition coefficient (Wildman–Crippen LogP) is 4.19. The van der Waals surface area contributed by atoms with Crippen molar-refractivity contribution in [3.8, 4) is 0 Å². The molecule has 2 aromatic rings. The lowest BCUT2D eigenvalue weighted by Gasteiger charge is -2.07. The zero-order valence-corrected chi connectivity index (χ0v) is 13.4. The molecule has 0 fully saturated rings. The summed E-state index contributed by atoms with van der Waals surface area (Å²) in [7, 11) is 1.65. The summed E-state index contributed by atoms with van der Waals surface area (Å²) < 4.78 is 0. The van der Waals surface area contributed by atoms with Crippen LogP contribution in [0.2, 0.25) is 10.0 Å². The summed E-state index contributed by atoms with van der Waals surface area (Å²) in [6, 6.07) is 4.99. The molecule has 21 heavy (non-hydrogen) atoms. The lowest BCUT2D eigenvalue weighted by Crippen LogP contribution is -2.04. The van der Waals surface area contributed by atoms with E-state index < -0.39 is 4.92 Å². The van der Waals surface area contributed by atoms with Gasteiger partial charge in [-0.3, -0.25) is 10.1 Å². The molecule has 110 valence electrons. The molecular formula is C12H10Cl2N4O2S. The zero-order chi connectivity index (χ0) is 15.6. The normalized spacial score (nSPS) is 10.5. The van der Waals surface area contributed by atoms with E-state index in [9.17, 15) is 10.1 Å². The molecule has 1 N–H and O–H groups in total. The molecule has 0 unspecified atom stereocenters. The molecule has 0 atom stereocenters. The van der Waals surface area contributed by atoms with Crippen molar-refractivity contribution < 1.29 is 4.92 Å². The van der Waals surface area contributed by atoms with E-state index in [1.165, 1.54) is 0 Å². The van der Waals surface area contributed by atoms with E-state index in [0.29, 0.717) is 26.6 Å². The van der Waals surface area contributed by atoms with Gasteiger partial charge in [-0.1, -0.05) is 35.0 Å². The van der Waals surface area contributed by atoms with Crippen LogP contribution in [0.5, 0.6) is 0 Å². The Hall–Kier alpha value is -1.57. The zero-order valence-electron chi connectivity index (χ0n) is 11.1. The molecule has 1 aromatic heterocycles. The average Bonchev–Trinajstić information content (AvgIpc) is 2.41. The Labute approximate surface area is 135 Å². The van der Waals surface area contributed by atoms with Crippen molar-refractivity contribution in [2.24, 2.45) is 0 Å². The second kappa shape index (κ2) is 6.46. The number of aryl methyl sites for hydroxylation is 1. The minimum atomic E-state index is -0.491. The maximum absolute atomic E-state index is 11.2. The number of anilines is 1. The Balaban J connectivity index is 2.48. The first-order chi connectivity index (χ1) is 9.92. The fraction of sp³-hybridized carbons (Fsp3) is 0.167. The highest BCUT2D eigenvalue weighted by Gasteiger charge is 2.22. The number of nitrogens with one attached hydrogen (secondary N) is 1. The van der Waals surface area contributed by atoms with Crippen LogP contribution >= 0.6 is 35.0 Å². The summed E-state index contributed by atoms with van der Waals surface area (Å²) in [4.78, 5) is 19.6. The van der Waals surface area contributed by atoms with Crippen LogP contribution in [0.1, 0.15) is 5.69 Å². The highest BCUT2D eigenvalue weighted by atomic mass is 35.5. The van der Waals surface area contributed by atoms with Crippen LogP contribution in [0.15, 0.2) is 28.1 Å². The number of benzene rings is 1. The van der Waals surface area contributed by atoms with Gasteiger partial charge in [0.15, 0.2) is 5.03 Å². The molecule has 0 spiro atoms. The standard InChI is InChI=1S/C12H10Cl2N4O2S/c1-6-10(18(19)20)11(17-12(15-2)16-6)21-7-3-4-8(13)9(14)5-7/h3-5H,1-2H3,(H,15,16,17). The second-order valence-electron chi connectivity index (χ2n) is 3.97. The molecular weight excluding hydrogens is 335 g/mol. The van der Waals surface area contributed by atoms with Gasteiger partial charge in [-0.25, -0.2) is 4.98 Å². The third kappa shape index (κ3) is 3.55. The Morgan fingerprint density at radius 3 is 2.57 bits per heavy atom. The SMILES string of the molecule is CNc1nc(C)c([N+](=O)[O-])c(Sc2ccc(Cl)c(Cl)c2)n1. The van der Waals surface area contributed by atoms with E-state index in [1.54, 1.807) is 32.2 Å². The molecule has 0 saturated heterocycles. The fourth-order valence-electron chi connectivity index (χ4n) is 1.59. The summed E-state index contributed by atoms with van der Waals surface area (Å²) in [6.07, 6.45) is 0. The van der Waals surface area contributed by atoms with E-state index in [2.05, 4.69) is 15.3 Å². The molecule has 0 aliphatic heterocycles. The number of hydrogen-bond donors (Lipinski definition) is 1. The van der Waals surface area contributed by atoms with E-state index in [4.69, 9.17) is 23.2 Å². The molecule has 0 bridgehead atoms. The lowest BCUT2D eigenvalue weighted by atomic mass is 10.4. The highest BCUT2D eigenvalue weighted by molar-refractivity contribution is 7.99. The maximum Gasteiger partial charge on any atom is 0.322 e. The van der Waals surface area contributed by atoms with Crippen LogP contribution in [0.4, 0.5) is 11.6 Å². The molecule has 0 amide bonds. The van der Waals surface area contributed by atoms with Gasteiger partial charge in [0, 0.05) is 11.9 Å². The van der Waals surface area contributed by atoms with E-state index in [1.807, 2.05) is 0 Å². The maximum atomic E-state index is 11.2. The van der Waals surface area contributed by atoms with Crippen molar-refractivity contribution in [3.63, 3.8) is 0 Å². The second-order valence-corrected chi connectivity index (χ2v) is 5.85. The number of aromatic nitrogens is 2. The van der Waals surface area contributed by atoms with Gasteiger partial charge in [0.25, 0.3) is 0 Å². The molecule has 1 heterocycles. The summed E-state index contributed by atoms with van der Waals surface area (Å²) in [5.41, 5.74) is 0.173. The monoisotopic (exact) mass is 344 g/mol. The van der Waals surface area contributed by atoms with Gasteiger partial charge in [0.1, 0.15) is 5.69 Å². The van der Waals surface area contributed by atoms with Gasteiger partial charge in [0.05, 0.1) is 15.0 Å². The summed E-state index contributed by atoms with van der Waals surface area (Å²) >= 11 is 12.9. The first-order valence-electron chi connectivity index (χ1n) is 5.76. The molecule has 1 aromatic carbocycles. The molecule has 0 aliphatic carbocycles. The van der Waals surface area contributed by atoms with Crippen LogP contribution in [-0.2, 0) is 0 Å². The van der Waals surface area contributed by atoms with Crippen molar-refractivity contribution >= 4 is 46.6 Å². The van der Waals surface area contributed by atoms with Gasteiger partial charge >= 0.3 is 5.69 Å². The van der Waals surface area contributed by atoms with Gasteiger partial charge in [-0.05, 0) is 25.1 Å². The minimum Gasteiger partial charge on any atom is -0.357 e. The van der Waals surface area contributed by atoms with Crippen LogP contribution in [0.3, 0.4) is 0 Å². The summed E-state index contributed by atoms with van der Waals surface area (Å²) in [6.45, 7) is 1.57. The minimum absolute atomic E-state index is 0.120. The quantitative estimate of drug-likeness (QED) is 0.508. The van der Waals surface area contributed by atoms with Crippen molar-refractivity contribution in [2.75, 3.05) is 12.4 Å². The predicted molar refractivity (Wildman–Crippen MR) is 83.6 cm³/mol. The Kier molecular flexibility index (Phi) is 4.87. The van der Waals surface area contributed by atoms with Crippen molar-refractivity contribution in [1.29, 1.82) is 0 Å². The average molecular weight is 345 g/mol. The van der Waals surface area contributed by atoms with Gasteiger partial charge in [-0.2, -0.15) is 4.98 Å². The van der Waals surface area contributed by atoms with Gasteiger partial charge < -0.3 is 5.32 Å². The Morgan fingerprint density at radius 1 is 1.29 bits per heavy atom. The first kappa shape index (κ1) is 15.8. The largest absolute Gasteiger partial charge is 0.357 e. The third-order valence-electron chi connectivity index (χ3n) is 2.54. The summed E-state index contributed by atoms with van der Waals surface area (Å²) in [5.74, 6) is 0.320. The number of nitro groups is 1. The molecule has 0 aliphatic rings. The van der Waals surface area contributed by atoms with Crippen LogP contribution in [-0.4, -0.2) is 21.9 Å². The molecule has 0 radical (unpaired) electrons. The first-order valence-corrected chi connectivity index (χ1v) is 7.33. The highest BCUT2D eigenvalue weighted by Crippen LogP contribution is 2.37. The van der Waals surface area contributed by atoms with Crippen LogP contribution in [0, 0.1) is 17.0 Å².